The van der Waals surface area contributed by atoms with Crippen molar-refractivity contribution in [2.24, 2.45) is 0 Å². The molecular weight excluding hydrogens is 264 g/mol. The summed E-state index contributed by atoms with van der Waals surface area (Å²) in [6.45, 7) is 3.94. The summed E-state index contributed by atoms with van der Waals surface area (Å²) in [4.78, 5) is 12.0. The van der Waals surface area contributed by atoms with Gasteiger partial charge in [0.2, 0.25) is 0 Å². The van der Waals surface area contributed by atoms with Gasteiger partial charge in [0, 0.05) is 5.69 Å². The van der Waals surface area contributed by atoms with Crippen molar-refractivity contribution in [1.29, 1.82) is 0 Å². The van der Waals surface area contributed by atoms with Crippen molar-refractivity contribution in [3.63, 3.8) is 0 Å². The maximum atomic E-state index is 12.0. The first-order valence-electron chi connectivity index (χ1n) is 6.86. The normalized spacial score (nSPS) is 11.6. The molecule has 0 spiro atoms. The molecule has 0 bridgehead atoms. The zero-order valence-corrected chi connectivity index (χ0v) is 12.5. The molecule has 0 heterocycles. The minimum Gasteiger partial charge on any atom is -0.497 e. The van der Waals surface area contributed by atoms with E-state index >= 15 is 0 Å². The fourth-order valence-electron chi connectivity index (χ4n) is 1.99. The Kier molecular flexibility index (Phi) is 4.82. The van der Waals surface area contributed by atoms with Gasteiger partial charge in [-0.2, -0.15) is 0 Å². The number of hydrogen-bond acceptors (Lipinski definition) is 2. The molecule has 21 heavy (non-hydrogen) atoms. The molecule has 4 nitrogen and oxygen atoms in total. The maximum absolute atomic E-state index is 12.0. The van der Waals surface area contributed by atoms with Crippen LogP contribution in [0.25, 0.3) is 0 Å². The van der Waals surface area contributed by atoms with Gasteiger partial charge in [0.1, 0.15) is 5.75 Å². The molecule has 0 aliphatic heterocycles. The highest BCUT2D eigenvalue weighted by molar-refractivity contribution is 5.89. The van der Waals surface area contributed by atoms with Crippen LogP contribution in [0.1, 0.15) is 24.1 Å². The Balaban J connectivity index is 1.96. The summed E-state index contributed by atoms with van der Waals surface area (Å²) in [5.41, 5.74) is 2.93. The molecule has 0 radical (unpaired) electrons. The third-order valence-electron chi connectivity index (χ3n) is 3.25. The summed E-state index contributed by atoms with van der Waals surface area (Å²) in [6.07, 6.45) is 0. The minimum atomic E-state index is -0.228. The Morgan fingerprint density at radius 1 is 1.14 bits per heavy atom. The predicted molar refractivity (Wildman–Crippen MR) is 84.7 cm³/mol. The third kappa shape index (κ3) is 4.24. The molecule has 0 aliphatic carbocycles. The number of nitrogens with one attached hydrogen (secondary N) is 2. The van der Waals surface area contributed by atoms with Crippen LogP contribution >= 0.6 is 0 Å². The summed E-state index contributed by atoms with van der Waals surface area (Å²) in [5, 5.41) is 5.72. The highest BCUT2D eigenvalue weighted by Crippen LogP contribution is 2.19. The zero-order chi connectivity index (χ0) is 15.2. The lowest BCUT2D eigenvalue weighted by molar-refractivity contribution is 0.249. The van der Waals surface area contributed by atoms with Crippen molar-refractivity contribution in [2.75, 3.05) is 12.4 Å². The van der Waals surface area contributed by atoms with E-state index in [1.165, 1.54) is 0 Å². The number of urea groups is 1. The van der Waals surface area contributed by atoms with Crippen LogP contribution in [0.3, 0.4) is 0 Å². The summed E-state index contributed by atoms with van der Waals surface area (Å²) in [5.74, 6) is 0.778. The quantitative estimate of drug-likeness (QED) is 0.895. The summed E-state index contributed by atoms with van der Waals surface area (Å²) in [6, 6.07) is 15.0. The minimum absolute atomic E-state index is 0.106. The maximum Gasteiger partial charge on any atom is 0.319 e. The van der Waals surface area contributed by atoms with Crippen LogP contribution < -0.4 is 15.4 Å². The van der Waals surface area contributed by atoms with Crippen molar-refractivity contribution >= 4 is 11.7 Å². The molecule has 2 aromatic rings. The smallest absolute Gasteiger partial charge is 0.319 e. The van der Waals surface area contributed by atoms with Crippen LogP contribution in [0.2, 0.25) is 0 Å². The van der Waals surface area contributed by atoms with Crippen molar-refractivity contribution in [3.8, 4) is 5.75 Å². The molecule has 2 rings (SSSR count). The molecule has 2 amide bonds. The highest BCUT2D eigenvalue weighted by atomic mass is 16.5. The van der Waals surface area contributed by atoms with Gasteiger partial charge in [0.15, 0.2) is 0 Å². The molecule has 0 aliphatic rings. The number of benzene rings is 2. The van der Waals surface area contributed by atoms with Crippen LogP contribution in [-0.4, -0.2) is 13.1 Å². The van der Waals surface area contributed by atoms with Crippen molar-refractivity contribution in [1.82, 2.24) is 5.32 Å². The topological polar surface area (TPSA) is 50.4 Å². The highest BCUT2D eigenvalue weighted by Gasteiger charge is 2.10. The van der Waals surface area contributed by atoms with Crippen LogP contribution in [-0.2, 0) is 0 Å². The van der Waals surface area contributed by atoms with E-state index in [0.29, 0.717) is 0 Å². The van der Waals surface area contributed by atoms with Gasteiger partial charge in [0.25, 0.3) is 0 Å². The Hall–Kier alpha value is -2.49. The van der Waals surface area contributed by atoms with Gasteiger partial charge in [-0.1, -0.05) is 29.8 Å². The number of carbonyl (C=O) groups is 1. The second kappa shape index (κ2) is 6.79. The second-order valence-electron chi connectivity index (χ2n) is 4.96. The first-order valence-corrected chi connectivity index (χ1v) is 6.86. The summed E-state index contributed by atoms with van der Waals surface area (Å²) < 4.78 is 5.19. The number of hydrogen-bond donors (Lipinski definition) is 2. The molecule has 4 heteroatoms. The van der Waals surface area contributed by atoms with Gasteiger partial charge in [-0.3, -0.25) is 0 Å². The lowest BCUT2D eigenvalue weighted by Gasteiger charge is -2.16. The molecule has 0 saturated carbocycles. The molecule has 2 N–H and O–H groups in total. The SMILES string of the molecule is COc1cccc([C@@H](C)NC(=O)Nc2ccc(C)cc2)c1. The molecule has 1 atom stereocenters. The molecule has 0 fully saturated rings. The van der Waals surface area contributed by atoms with Crippen LogP contribution in [0, 0.1) is 6.92 Å². The second-order valence-corrected chi connectivity index (χ2v) is 4.96. The first-order chi connectivity index (χ1) is 10.1. The Bertz CT molecular complexity index is 608. The van der Waals surface area contributed by atoms with E-state index in [0.717, 1.165) is 22.6 Å². The Labute approximate surface area is 125 Å². The number of anilines is 1. The molecule has 0 unspecified atom stereocenters. The lowest BCUT2D eigenvalue weighted by atomic mass is 10.1. The van der Waals surface area contributed by atoms with E-state index in [-0.39, 0.29) is 12.1 Å². The van der Waals surface area contributed by atoms with Crippen LogP contribution in [0.4, 0.5) is 10.5 Å². The van der Waals surface area contributed by atoms with Gasteiger partial charge < -0.3 is 15.4 Å². The largest absolute Gasteiger partial charge is 0.497 e. The van der Waals surface area contributed by atoms with Crippen LogP contribution in [0.5, 0.6) is 5.75 Å². The van der Waals surface area contributed by atoms with E-state index in [1.54, 1.807) is 7.11 Å². The monoisotopic (exact) mass is 284 g/mol. The van der Waals surface area contributed by atoms with Gasteiger partial charge in [-0.25, -0.2) is 4.79 Å². The molecular formula is C17H20N2O2. The van der Waals surface area contributed by atoms with E-state index in [9.17, 15) is 4.79 Å². The van der Waals surface area contributed by atoms with E-state index in [4.69, 9.17) is 4.74 Å². The van der Waals surface area contributed by atoms with Crippen molar-refractivity contribution in [3.05, 3.63) is 59.7 Å². The Morgan fingerprint density at radius 2 is 1.86 bits per heavy atom. The number of carbonyl (C=O) groups excluding carboxylic acids is 1. The number of ether oxygens (including phenoxy) is 1. The van der Waals surface area contributed by atoms with Crippen molar-refractivity contribution < 1.29 is 9.53 Å². The van der Waals surface area contributed by atoms with Gasteiger partial charge in [-0.05, 0) is 43.7 Å². The average molecular weight is 284 g/mol. The van der Waals surface area contributed by atoms with E-state index in [1.807, 2.05) is 62.4 Å². The molecule has 110 valence electrons. The standard InChI is InChI=1S/C17H20N2O2/c1-12-7-9-15(10-8-12)19-17(20)18-13(2)14-5-4-6-16(11-14)21-3/h4-11,13H,1-3H3,(H2,18,19,20)/t13-/m1/s1. The number of amides is 2. The average Bonchev–Trinajstić information content (AvgIpc) is 2.49. The number of aryl methyl sites for hydroxylation is 1. The van der Waals surface area contributed by atoms with Gasteiger partial charge in [-0.15, -0.1) is 0 Å². The van der Waals surface area contributed by atoms with E-state index in [2.05, 4.69) is 10.6 Å². The predicted octanol–water partition coefficient (Wildman–Crippen LogP) is 3.89. The van der Waals surface area contributed by atoms with Crippen LogP contribution in [0.15, 0.2) is 48.5 Å². The van der Waals surface area contributed by atoms with Gasteiger partial charge in [0.05, 0.1) is 13.2 Å². The lowest BCUT2D eigenvalue weighted by Crippen LogP contribution is -2.31. The summed E-state index contributed by atoms with van der Waals surface area (Å²) >= 11 is 0. The van der Waals surface area contributed by atoms with Crippen molar-refractivity contribution in [2.45, 2.75) is 19.9 Å². The molecule has 0 saturated heterocycles. The molecule has 2 aromatic carbocycles. The summed E-state index contributed by atoms with van der Waals surface area (Å²) in [7, 11) is 1.63. The zero-order valence-electron chi connectivity index (χ0n) is 12.5. The van der Waals surface area contributed by atoms with E-state index < -0.39 is 0 Å². The van der Waals surface area contributed by atoms with Gasteiger partial charge >= 0.3 is 6.03 Å². The first kappa shape index (κ1) is 14.9. The third-order valence-corrected chi connectivity index (χ3v) is 3.25. The number of methoxy groups -OCH3 is 1. The number of rotatable bonds is 4. The fourth-order valence-corrected chi connectivity index (χ4v) is 1.99. The molecule has 0 aromatic heterocycles. The fraction of sp³-hybridized carbons (Fsp3) is 0.235. The Morgan fingerprint density at radius 3 is 2.52 bits per heavy atom.